The number of rotatable bonds is 5. The van der Waals surface area contributed by atoms with Crippen LogP contribution in [0.4, 0.5) is 11.4 Å². The van der Waals surface area contributed by atoms with Crippen LogP contribution in [0.3, 0.4) is 0 Å². The van der Waals surface area contributed by atoms with Gasteiger partial charge in [-0.2, -0.15) is 0 Å². The van der Waals surface area contributed by atoms with E-state index in [1.807, 2.05) is 6.21 Å². The summed E-state index contributed by atoms with van der Waals surface area (Å²) >= 11 is 0. The quantitative estimate of drug-likeness (QED) is 0.403. The summed E-state index contributed by atoms with van der Waals surface area (Å²) in [5, 5.41) is 1.23. The summed E-state index contributed by atoms with van der Waals surface area (Å²) in [7, 11) is 0. The predicted octanol–water partition coefficient (Wildman–Crippen LogP) is 5.59. The van der Waals surface area contributed by atoms with Gasteiger partial charge >= 0.3 is 0 Å². The van der Waals surface area contributed by atoms with Gasteiger partial charge in [0.05, 0.1) is 18.9 Å². The lowest BCUT2D eigenvalue weighted by Crippen LogP contribution is -2.36. The van der Waals surface area contributed by atoms with Crippen molar-refractivity contribution in [2.24, 2.45) is 4.99 Å². The van der Waals surface area contributed by atoms with Crippen LogP contribution < -0.4 is 4.90 Å². The van der Waals surface area contributed by atoms with Crippen LogP contribution in [0, 0.1) is 6.92 Å². The van der Waals surface area contributed by atoms with E-state index >= 15 is 0 Å². The van der Waals surface area contributed by atoms with Crippen LogP contribution in [0.1, 0.15) is 16.7 Å². The number of aromatic nitrogens is 1. The van der Waals surface area contributed by atoms with Gasteiger partial charge in [0, 0.05) is 54.2 Å². The zero-order chi connectivity index (χ0) is 21.0. The second-order valence-corrected chi connectivity index (χ2v) is 8.09. The molecule has 1 aliphatic heterocycles. The Hall–Kier alpha value is -3.37. The Morgan fingerprint density at radius 3 is 2.55 bits per heavy atom. The Bertz CT molecular complexity index is 1200. The molecule has 0 amide bonds. The molecule has 0 spiro atoms. The number of anilines is 1. The molecule has 5 rings (SSSR count). The molecule has 1 aliphatic rings. The maximum atomic E-state index is 5.45. The first kappa shape index (κ1) is 19.6. The maximum Gasteiger partial charge on any atom is 0.0642 e. The van der Waals surface area contributed by atoms with Crippen molar-refractivity contribution in [3.05, 3.63) is 95.7 Å². The minimum absolute atomic E-state index is 0.798. The molecule has 0 N–H and O–H groups in total. The van der Waals surface area contributed by atoms with Crippen molar-refractivity contribution in [3.8, 4) is 0 Å². The maximum absolute atomic E-state index is 5.45. The summed E-state index contributed by atoms with van der Waals surface area (Å²) in [6.07, 6.45) is 4.19. The zero-order valence-corrected chi connectivity index (χ0v) is 17.9. The van der Waals surface area contributed by atoms with Gasteiger partial charge in [0.2, 0.25) is 0 Å². The summed E-state index contributed by atoms with van der Waals surface area (Å²) in [5.74, 6) is 0. The molecular weight excluding hydrogens is 382 g/mol. The highest BCUT2D eigenvalue weighted by atomic mass is 16.5. The highest BCUT2D eigenvalue weighted by molar-refractivity contribution is 6.00. The minimum Gasteiger partial charge on any atom is -0.378 e. The van der Waals surface area contributed by atoms with E-state index in [9.17, 15) is 0 Å². The topological polar surface area (TPSA) is 29.8 Å². The molecule has 3 aromatic carbocycles. The molecule has 0 radical (unpaired) electrons. The fourth-order valence-electron chi connectivity index (χ4n) is 4.23. The van der Waals surface area contributed by atoms with Gasteiger partial charge in [0.15, 0.2) is 0 Å². The van der Waals surface area contributed by atoms with E-state index in [2.05, 4.69) is 95.4 Å². The number of aryl methyl sites for hydroxylation is 1. The SMILES string of the molecule is Cc1cccc(Cn2cc(C=Nc3ccc(N4CCOCC4)cc3)c3ccccc32)c1. The fraction of sp³-hybridized carbons (Fsp3) is 0.222. The lowest BCUT2D eigenvalue weighted by atomic mass is 10.1. The average Bonchev–Trinajstić information content (AvgIpc) is 3.16. The van der Waals surface area contributed by atoms with E-state index in [0.717, 1.165) is 44.1 Å². The van der Waals surface area contributed by atoms with Crippen molar-refractivity contribution in [1.29, 1.82) is 0 Å². The van der Waals surface area contributed by atoms with Crippen LogP contribution in [-0.2, 0) is 11.3 Å². The van der Waals surface area contributed by atoms with Crippen molar-refractivity contribution in [1.82, 2.24) is 4.57 Å². The number of morpholine rings is 1. The number of hydrogen-bond donors (Lipinski definition) is 0. The van der Waals surface area contributed by atoms with Crippen LogP contribution in [0.25, 0.3) is 10.9 Å². The van der Waals surface area contributed by atoms with Gasteiger partial charge in [0.1, 0.15) is 0 Å². The van der Waals surface area contributed by atoms with E-state index in [1.165, 1.54) is 27.7 Å². The van der Waals surface area contributed by atoms with Crippen LogP contribution in [0.5, 0.6) is 0 Å². The van der Waals surface area contributed by atoms with E-state index in [4.69, 9.17) is 9.73 Å². The summed E-state index contributed by atoms with van der Waals surface area (Å²) in [5.41, 5.74) is 7.16. The van der Waals surface area contributed by atoms with Crippen molar-refractivity contribution >= 4 is 28.5 Å². The summed E-state index contributed by atoms with van der Waals surface area (Å²) in [4.78, 5) is 7.12. The van der Waals surface area contributed by atoms with E-state index < -0.39 is 0 Å². The van der Waals surface area contributed by atoms with E-state index in [0.29, 0.717) is 0 Å². The van der Waals surface area contributed by atoms with Crippen molar-refractivity contribution < 1.29 is 4.74 Å². The van der Waals surface area contributed by atoms with E-state index in [1.54, 1.807) is 0 Å². The molecule has 1 aromatic heterocycles. The monoisotopic (exact) mass is 409 g/mol. The second-order valence-electron chi connectivity index (χ2n) is 8.09. The van der Waals surface area contributed by atoms with Crippen LogP contribution >= 0.6 is 0 Å². The summed E-state index contributed by atoms with van der Waals surface area (Å²) < 4.78 is 7.76. The Labute approximate surface area is 183 Å². The summed E-state index contributed by atoms with van der Waals surface area (Å²) in [6, 6.07) is 25.7. The number of para-hydroxylation sites is 1. The van der Waals surface area contributed by atoms with Gasteiger partial charge < -0.3 is 14.2 Å². The number of aliphatic imine (C=N–C) groups is 1. The Morgan fingerprint density at radius 1 is 0.935 bits per heavy atom. The predicted molar refractivity (Wildman–Crippen MR) is 129 cm³/mol. The lowest BCUT2D eigenvalue weighted by molar-refractivity contribution is 0.122. The molecule has 156 valence electrons. The van der Waals surface area contributed by atoms with Crippen LogP contribution in [0.15, 0.2) is 84.0 Å². The Kier molecular flexibility index (Phi) is 5.55. The molecule has 4 aromatic rings. The first-order chi connectivity index (χ1) is 15.3. The number of nitrogens with zero attached hydrogens (tertiary/aromatic N) is 3. The van der Waals surface area contributed by atoms with Gasteiger partial charge in [-0.1, -0.05) is 48.0 Å². The standard InChI is InChI=1S/C27H27N3O/c1-21-5-4-6-22(17-21)19-30-20-23(26-7-2-3-8-27(26)30)18-28-24-9-11-25(12-10-24)29-13-15-31-16-14-29/h2-12,17-18,20H,13-16,19H2,1H3. The molecule has 2 heterocycles. The molecule has 0 atom stereocenters. The lowest BCUT2D eigenvalue weighted by Gasteiger charge is -2.28. The second kappa shape index (κ2) is 8.78. The fourth-order valence-corrected chi connectivity index (χ4v) is 4.23. The largest absolute Gasteiger partial charge is 0.378 e. The molecule has 0 unspecified atom stereocenters. The normalized spacial score (nSPS) is 14.5. The number of fused-ring (bicyclic) bond motifs is 1. The zero-order valence-electron chi connectivity index (χ0n) is 17.9. The van der Waals surface area contributed by atoms with Gasteiger partial charge in [0.25, 0.3) is 0 Å². The van der Waals surface area contributed by atoms with Gasteiger partial charge in [-0.05, 0) is 42.8 Å². The average molecular weight is 410 g/mol. The summed E-state index contributed by atoms with van der Waals surface area (Å²) in [6.45, 7) is 6.48. The van der Waals surface area contributed by atoms with Gasteiger partial charge in [-0.25, -0.2) is 0 Å². The highest BCUT2D eigenvalue weighted by Crippen LogP contribution is 2.24. The molecule has 0 saturated carbocycles. The number of ether oxygens (including phenoxy) is 1. The molecule has 1 fully saturated rings. The van der Waals surface area contributed by atoms with Crippen molar-refractivity contribution in [3.63, 3.8) is 0 Å². The third kappa shape index (κ3) is 4.39. The van der Waals surface area contributed by atoms with Crippen LogP contribution in [0.2, 0.25) is 0 Å². The van der Waals surface area contributed by atoms with Crippen molar-refractivity contribution in [2.75, 3.05) is 31.2 Å². The third-order valence-electron chi connectivity index (χ3n) is 5.83. The molecule has 4 heteroatoms. The first-order valence-electron chi connectivity index (χ1n) is 10.9. The molecule has 4 nitrogen and oxygen atoms in total. The van der Waals surface area contributed by atoms with Crippen LogP contribution in [-0.4, -0.2) is 37.1 Å². The smallest absolute Gasteiger partial charge is 0.0642 e. The number of hydrogen-bond acceptors (Lipinski definition) is 3. The Morgan fingerprint density at radius 2 is 1.74 bits per heavy atom. The molecular formula is C27H27N3O. The molecule has 1 saturated heterocycles. The third-order valence-corrected chi connectivity index (χ3v) is 5.83. The highest BCUT2D eigenvalue weighted by Gasteiger charge is 2.11. The minimum atomic E-state index is 0.798. The van der Waals surface area contributed by atoms with Crippen molar-refractivity contribution in [2.45, 2.75) is 13.5 Å². The molecule has 0 bridgehead atoms. The first-order valence-corrected chi connectivity index (χ1v) is 10.9. The van der Waals surface area contributed by atoms with Gasteiger partial charge in [-0.3, -0.25) is 4.99 Å². The van der Waals surface area contributed by atoms with Gasteiger partial charge in [-0.15, -0.1) is 0 Å². The number of benzene rings is 3. The molecule has 31 heavy (non-hydrogen) atoms. The van der Waals surface area contributed by atoms with E-state index in [-0.39, 0.29) is 0 Å². The molecule has 0 aliphatic carbocycles. The Balaban J connectivity index is 1.39.